The van der Waals surface area contributed by atoms with E-state index < -0.39 is 0 Å². The maximum absolute atomic E-state index is 11.9. The fourth-order valence-electron chi connectivity index (χ4n) is 1.97. The number of nitrogens with two attached hydrogens (primary N) is 1. The summed E-state index contributed by atoms with van der Waals surface area (Å²) in [5.74, 6) is -0.310. The molecule has 2 N–H and O–H groups in total. The van der Waals surface area contributed by atoms with E-state index in [1.54, 1.807) is 12.1 Å². The molecule has 0 radical (unpaired) electrons. The fourth-order valence-corrected chi connectivity index (χ4v) is 1.97. The number of anilines is 1. The molecule has 1 rings (SSSR count). The van der Waals surface area contributed by atoms with Crippen molar-refractivity contribution in [2.45, 2.75) is 52.4 Å². The van der Waals surface area contributed by atoms with Crippen LogP contribution in [-0.2, 0) is 4.74 Å². The van der Waals surface area contributed by atoms with E-state index in [2.05, 4.69) is 6.92 Å². The Kier molecular flexibility index (Phi) is 7.01. The van der Waals surface area contributed by atoms with Crippen LogP contribution in [0, 0.1) is 6.92 Å². The van der Waals surface area contributed by atoms with E-state index in [-0.39, 0.29) is 5.97 Å². The predicted octanol–water partition coefficient (Wildman–Crippen LogP) is 4.09. The van der Waals surface area contributed by atoms with E-state index in [1.807, 2.05) is 13.0 Å². The van der Waals surface area contributed by atoms with Gasteiger partial charge in [-0.1, -0.05) is 50.7 Å². The van der Waals surface area contributed by atoms with Gasteiger partial charge < -0.3 is 10.5 Å². The zero-order valence-electron chi connectivity index (χ0n) is 12.1. The molecule has 3 nitrogen and oxygen atoms in total. The van der Waals surface area contributed by atoms with Gasteiger partial charge in [0.15, 0.2) is 0 Å². The highest BCUT2D eigenvalue weighted by atomic mass is 16.5. The first-order valence-electron chi connectivity index (χ1n) is 7.18. The van der Waals surface area contributed by atoms with Crippen molar-refractivity contribution in [1.29, 1.82) is 0 Å². The minimum atomic E-state index is -0.310. The monoisotopic (exact) mass is 263 g/mol. The summed E-state index contributed by atoms with van der Waals surface area (Å²) in [5.41, 5.74) is 7.75. The second-order valence-corrected chi connectivity index (χ2v) is 4.99. The lowest BCUT2D eigenvalue weighted by atomic mass is 10.1. The van der Waals surface area contributed by atoms with Crippen LogP contribution in [0.15, 0.2) is 18.2 Å². The summed E-state index contributed by atoms with van der Waals surface area (Å²) in [6, 6.07) is 5.41. The molecule has 0 aromatic heterocycles. The molecule has 0 unspecified atom stereocenters. The fraction of sp³-hybridized carbons (Fsp3) is 0.562. The van der Waals surface area contributed by atoms with Gasteiger partial charge in [0.2, 0.25) is 0 Å². The van der Waals surface area contributed by atoms with Crippen molar-refractivity contribution < 1.29 is 9.53 Å². The Bertz CT molecular complexity index is 402. The molecule has 0 saturated heterocycles. The van der Waals surface area contributed by atoms with Gasteiger partial charge >= 0.3 is 5.97 Å². The highest BCUT2D eigenvalue weighted by Crippen LogP contribution is 2.15. The molecule has 106 valence electrons. The van der Waals surface area contributed by atoms with Gasteiger partial charge in [0.25, 0.3) is 0 Å². The molecular formula is C16H25NO2. The highest BCUT2D eigenvalue weighted by Gasteiger charge is 2.10. The molecule has 1 aromatic carbocycles. The molecule has 0 heterocycles. The molecule has 0 aliphatic carbocycles. The zero-order chi connectivity index (χ0) is 14.1. The van der Waals surface area contributed by atoms with Crippen LogP contribution in [-0.4, -0.2) is 12.6 Å². The summed E-state index contributed by atoms with van der Waals surface area (Å²) in [6.07, 6.45) is 7.09. The second-order valence-electron chi connectivity index (χ2n) is 4.99. The first kappa shape index (κ1) is 15.5. The molecule has 1 aromatic rings. The number of nitrogen functional groups attached to an aromatic ring is 1. The van der Waals surface area contributed by atoms with Crippen LogP contribution in [0.25, 0.3) is 0 Å². The molecule has 0 fully saturated rings. The van der Waals surface area contributed by atoms with E-state index in [0.717, 1.165) is 18.4 Å². The number of benzene rings is 1. The first-order valence-corrected chi connectivity index (χ1v) is 7.18. The van der Waals surface area contributed by atoms with Gasteiger partial charge in [-0.3, -0.25) is 0 Å². The van der Waals surface area contributed by atoms with Crippen LogP contribution >= 0.6 is 0 Å². The molecule has 0 amide bonds. The Labute approximate surface area is 116 Å². The summed E-state index contributed by atoms with van der Waals surface area (Å²) >= 11 is 0. The van der Waals surface area contributed by atoms with Crippen molar-refractivity contribution in [3.8, 4) is 0 Å². The lowest BCUT2D eigenvalue weighted by molar-refractivity contribution is 0.0499. The number of hydrogen-bond donors (Lipinski definition) is 1. The second kappa shape index (κ2) is 8.57. The molecular weight excluding hydrogens is 238 g/mol. The Balaban J connectivity index is 2.26. The van der Waals surface area contributed by atoms with E-state index in [9.17, 15) is 4.79 Å². The van der Waals surface area contributed by atoms with Crippen molar-refractivity contribution in [3.63, 3.8) is 0 Å². The quantitative estimate of drug-likeness (QED) is 0.436. The van der Waals surface area contributed by atoms with Crippen molar-refractivity contribution in [2.75, 3.05) is 12.3 Å². The third kappa shape index (κ3) is 5.77. The van der Waals surface area contributed by atoms with Crippen molar-refractivity contribution in [1.82, 2.24) is 0 Å². The third-order valence-electron chi connectivity index (χ3n) is 3.16. The van der Waals surface area contributed by atoms with Crippen LogP contribution < -0.4 is 5.73 Å². The SMILES string of the molecule is CCCCCCCCOC(=O)c1cc(C)ccc1N. The minimum Gasteiger partial charge on any atom is -0.462 e. The summed E-state index contributed by atoms with van der Waals surface area (Å²) < 4.78 is 5.25. The number of carbonyl (C=O) groups excluding carboxylic acids is 1. The third-order valence-corrected chi connectivity index (χ3v) is 3.16. The first-order chi connectivity index (χ1) is 9.15. The molecule has 0 spiro atoms. The number of hydrogen-bond acceptors (Lipinski definition) is 3. The van der Waals surface area contributed by atoms with Gasteiger partial charge in [0.1, 0.15) is 0 Å². The Morgan fingerprint density at radius 2 is 1.84 bits per heavy atom. The van der Waals surface area contributed by atoms with Gasteiger partial charge in [0, 0.05) is 5.69 Å². The van der Waals surface area contributed by atoms with Crippen LogP contribution in [0.1, 0.15) is 61.4 Å². The molecule has 19 heavy (non-hydrogen) atoms. The van der Waals surface area contributed by atoms with E-state index in [1.165, 1.54) is 25.7 Å². The lowest BCUT2D eigenvalue weighted by Gasteiger charge is -2.07. The standard InChI is InChI=1S/C16H25NO2/c1-3-4-5-6-7-8-11-19-16(18)14-12-13(2)9-10-15(14)17/h9-10,12H,3-8,11,17H2,1-2H3. The van der Waals surface area contributed by atoms with Gasteiger partial charge in [-0.15, -0.1) is 0 Å². The zero-order valence-corrected chi connectivity index (χ0v) is 12.1. The molecule has 0 saturated carbocycles. The van der Waals surface area contributed by atoms with E-state index >= 15 is 0 Å². The smallest absolute Gasteiger partial charge is 0.340 e. The van der Waals surface area contributed by atoms with Gasteiger partial charge in [-0.25, -0.2) is 4.79 Å². The maximum Gasteiger partial charge on any atom is 0.340 e. The Morgan fingerprint density at radius 3 is 2.58 bits per heavy atom. The van der Waals surface area contributed by atoms with Crippen molar-refractivity contribution >= 4 is 11.7 Å². The van der Waals surface area contributed by atoms with Crippen LogP contribution in [0.3, 0.4) is 0 Å². The largest absolute Gasteiger partial charge is 0.462 e. The minimum absolute atomic E-state index is 0.310. The van der Waals surface area contributed by atoms with Gasteiger partial charge in [-0.05, 0) is 25.5 Å². The predicted molar refractivity (Wildman–Crippen MR) is 79.2 cm³/mol. The topological polar surface area (TPSA) is 52.3 Å². The summed E-state index contributed by atoms with van der Waals surface area (Å²) in [7, 11) is 0. The normalized spacial score (nSPS) is 10.4. The molecule has 0 aliphatic heterocycles. The highest BCUT2D eigenvalue weighted by molar-refractivity contribution is 5.95. The van der Waals surface area contributed by atoms with Gasteiger partial charge in [0.05, 0.1) is 12.2 Å². The molecule has 0 aliphatic rings. The number of carbonyl (C=O) groups is 1. The number of ether oxygens (including phenoxy) is 1. The Morgan fingerprint density at radius 1 is 1.16 bits per heavy atom. The number of rotatable bonds is 8. The van der Waals surface area contributed by atoms with Crippen LogP contribution in [0.5, 0.6) is 0 Å². The number of esters is 1. The molecule has 0 atom stereocenters. The van der Waals surface area contributed by atoms with Crippen LogP contribution in [0.2, 0.25) is 0 Å². The molecule has 3 heteroatoms. The van der Waals surface area contributed by atoms with E-state index in [0.29, 0.717) is 17.9 Å². The lowest BCUT2D eigenvalue weighted by Crippen LogP contribution is -2.09. The van der Waals surface area contributed by atoms with Crippen molar-refractivity contribution in [3.05, 3.63) is 29.3 Å². The van der Waals surface area contributed by atoms with Crippen LogP contribution in [0.4, 0.5) is 5.69 Å². The molecule has 0 bridgehead atoms. The van der Waals surface area contributed by atoms with Crippen molar-refractivity contribution in [2.24, 2.45) is 0 Å². The number of aryl methyl sites for hydroxylation is 1. The number of unbranched alkanes of at least 4 members (excludes halogenated alkanes) is 5. The van der Waals surface area contributed by atoms with E-state index in [4.69, 9.17) is 10.5 Å². The maximum atomic E-state index is 11.9. The Hall–Kier alpha value is -1.51. The average molecular weight is 263 g/mol. The van der Waals surface area contributed by atoms with Gasteiger partial charge in [-0.2, -0.15) is 0 Å². The summed E-state index contributed by atoms with van der Waals surface area (Å²) in [6.45, 7) is 4.62. The summed E-state index contributed by atoms with van der Waals surface area (Å²) in [5, 5.41) is 0. The average Bonchev–Trinajstić information content (AvgIpc) is 2.40. The summed E-state index contributed by atoms with van der Waals surface area (Å²) in [4.78, 5) is 11.9.